The van der Waals surface area contributed by atoms with Crippen molar-refractivity contribution in [3.8, 4) is 0 Å². The molecule has 20 heavy (non-hydrogen) atoms. The Balaban J connectivity index is 1.99. The fourth-order valence-corrected chi connectivity index (χ4v) is 2.86. The van der Waals surface area contributed by atoms with Gasteiger partial charge in [0.2, 0.25) is 5.91 Å². The Kier molecular flexibility index (Phi) is 3.28. The number of nitrogens with two attached hydrogens (primary N) is 1. The quantitative estimate of drug-likeness (QED) is 0.926. The molecule has 0 radical (unpaired) electrons. The van der Waals surface area contributed by atoms with Crippen LogP contribution in [0.5, 0.6) is 0 Å². The van der Waals surface area contributed by atoms with Gasteiger partial charge in [-0.2, -0.15) is 0 Å². The summed E-state index contributed by atoms with van der Waals surface area (Å²) in [6.07, 6.45) is 0.492. The van der Waals surface area contributed by atoms with Crippen molar-refractivity contribution in [3.05, 3.63) is 65.2 Å². The molecule has 2 aromatic carbocycles. The number of rotatable bonds is 3. The molecule has 1 aliphatic heterocycles. The average molecular weight is 266 g/mol. The maximum Gasteiger partial charge on any atom is 0.231 e. The van der Waals surface area contributed by atoms with E-state index >= 15 is 0 Å². The first kappa shape index (κ1) is 12.9. The van der Waals surface area contributed by atoms with E-state index in [2.05, 4.69) is 24.3 Å². The number of benzene rings is 2. The number of nitrogens with zero attached hydrogens (tertiary/aromatic N) is 1. The number of hydrogen-bond donors (Lipinski definition) is 1. The number of carbonyl (C=O) groups excluding carboxylic acids is 1. The molecule has 3 rings (SSSR count). The van der Waals surface area contributed by atoms with Crippen LogP contribution in [0.2, 0.25) is 0 Å². The highest BCUT2D eigenvalue weighted by molar-refractivity contribution is 6.00. The minimum atomic E-state index is 0.154. The minimum absolute atomic E-state index is 0.154. The number of likely N-dealkylation sites (N-methyl/N-ethyl adjacent to an activating group) is 1. The van der Waals surface area contributed by atoms with Crippen LogP contribution in [0.4, 0.5) is 5.69 Å². The molecule has 0 bridgehead atoms. The van der Waals surface area contributed by atoms with E-state index in [0.29, 0.717) is 13.0 Å². The highest BCUT2D eigenvalue weighted by Gasteiger charge is 2.25. The zero-order valence-corrected chi connectivity index (χ0v) is 11.5. The molecule has 1 heterocycles. The molecule has 0 fully saturated rings. The number of amides is 1. The lowest BCUT2D eigenvalue weighted by molar-refractivity contribution is -0.117. The van der Waals surface area contributed by atoms with Gasteiger partial charge in [-0.05, 0) is 22.8 Å². The van der Waals surface area contributed by atoms with Crippen LogP contribution < -0.4 is 10.6 Å². The van der Waals surface area contributed by atoms with E-state index in [4.69, 9.17) is 5.73 Å². The predicted molar refractivity (Wildman–Crippen MR) is 80.9 cm³/mol. The molecule has 3 nitrogen and oxygen atoms in total. The van der Waals surface area contributed by atoms with Gasteiger partial charge in [-0.1, -0.05) is 42.5 Å². The molecule has 1 amide bonds. The molecule has 3 heteroatoms. The Hall–Kier alpha value is -2.13. The van der Waals surface area contributed by atoms with Gasteiger partial charge in [0.1, 0.15) is 0 Å². The largest absolute Gasteiger partial charge is 0.330 e. The first-order valence-corrected chi connectivity index (χ1v) is 6.85. The van der Waals surface area contributed by atoms with E-state index in [0.717, 1.165) is 11.3 Å². The Morgan fingerprint density at radius 1 is 1.15 bits per heavy atom. The van der Waals surface area contributed by atoms with Crippen LogP contribution in [0.1, 0.15) is 22.6 Å². The minimum Gasteiger partial charge on any atom is -0.330 e. The van der Waals surface area contributed by atoms with E-state index in [1.165, 1.54) is 11.1 Å². The summed E-state index contributed by atoms with van der Waals surface area (Å²) in [7, 11) is 1.82. The van der Waals surface area contributed by atoms with Crippen LogP contribution >= 0.6 is 0 Å². The first-order chi connectivity index (χ1) is 9.70. The number of anilines is 1. The normalized spacial score (nSPS) is 15.3. The van der Waals surface area contributed by atoms with Gasteiger partial charge in [0.05, 0.1) is 6.42 Å². The fraction of sp³-hybridized carbons (Fsp3) is 0.235. The van der Waals surface area contributed by atoms with Gasteiger partial charge in [-0.3, -0.25) is 4.79 Å². The number of hydrogen-bond acceptors (Lipinski definition) is 2. The third-order valence-electron chi connectivity index (χ3n) is 4.02. The Labute approximate surface area is 119 Å². The SMILES string of the molecule is CN1C(=O)Cc2cc(C(CN)c3ccccc3)ccc21. The van der Waals surface area contributed by atoms with Crippen molar-refractivity contribution in [3.63, 3.8) is 0 Å². The topological polar surface area (TPSA) is 46.3 Å². The summed E-state index contributed by atoms with van der Waals surface area (Å²) in [6.45, 7) is 0.562. The fourth-order valence-electron chi connectivity index (χ4n) is 2.86. The van der Waals surface area contributed by atoms with E-state index in [1.807, 2.05) is 31.3 Å². The van der Waals surface area contributed by atoms with Gasteiger partial charge >= 0.3 is 0 Å². The molecule has 2 aromatic rings. The monoisotopic (exact) mass is 266 g/mol. The summed E-state index contributed by atoms with van der Waals surface area (Å²) in [5, 5.41) is 0. The van der Waals surface area contributed by atoms with E-state index in [1.54, 1.807) is 4.90 Å². The van der Waals surface area contributed by atoms with Gasteiger partial charge < -0.3 is 10.6 Å². The molecule has 0 saturated heterocycles. The smallest absolute Gasteiger partial charge is 0.231 e. The van der Waals surface area contributed by atoms with Crippen LogP contribution in [-0.4, -0.2) is 19.5 Å². The van der Waals surface area contributed by atoms with Crippen molar-refractivity contribution in [1.82, 2.24) is 0 Å². The number of fused-ring (bicyclic) bond motifs is 1. The zero-order chi connectivity index (χ0) is 14.1. The van der Waals surface area contributed by atoms with E-state index < -0.39 is 0 Å². The molecule has 0 aromatic heterocycles. The lowest BCUT2D eigenvalue weighted by Gasteiger charge is -2.17. The predicted octanol–water partition coefficient (Wildman–Crippen LogP) is 2.30. The average Bonchev–Trinajstić information content (AvgIpc) is 2.76. The maximum absolute atomic E-state index is 11.8. The number of carbonyl (C=O) groups is 1. The third kappa shape index (κ3) is 2.10. The third-order valence-corrected chi connectivity index (χ3v) is 4.02. The van der Waals surface area contributed by atoms with Crippen molar-refractivity contribution in [2.45, 2.75) is 12.3 Å². The van der Waals surface area contributed by atoms with Crippen LogP contribution in [-0.2, 0) is 11.2 Å². The first-order valence-electron chi connectivity index (χ1n) is 6.85. The van der Waals surface area contributed by atoms with Crippen molar-refractivity contribution >= 4 is 11.6 Å². The summed E-state index contributed by atoms with van der Waals surface area (Å²) < 4.78 is 0. The second kappa shape index (κ2) is 5.10. The molecule has 2 N–H and O–H groups in total. The van der Waals surface area contributed by atoms with Gasteiger partial charge in [-0.25, -0.2) is 0 Å². The highest BCUT2D eigenvalue weighted by atomic mass is 16.2. The molecule has 0 saturated carbocycles. The molecule has 102 valence electrons. The standard InChI is InChI=1S/C17H18N2O/c1-19-16-8-7-13(9-14(16)10-17(19)20)15(11-18)12-5-3-2-4-6-12/h2-9,15H,10-11,18H2,1H3. The summed E-state index contributed by atoms with van der Waals surface area (Å²) in [5.41, 5.74) is 10.5. The van der Waals surface area contributed by atoms with Crippen molar-refractivity contribution in [2.24, 2.45) is 5.73 Å². The summed E-state index contributed by atoms with van der Waals surface area (Å²) >= 11 is 0. The van der Waals surface area contributed by atoms with Crippen molar-refractivity contribution < 1.29 is 4.79 Å². The molecular formula is C17H18N2O. The van der Waals surface area contributed by atoms with Crippen LogP contribution in [0.25, 0.3) is 0 Å². The van der Waals surface area contributed by atoms with Crippen molar-refractivity contribution in [2.75, 3.05) is 18.5 Å². The Morgan fingerprint density at radius 2 is 1.90 bits per heavy atom. The lowest BCUT2D eigenvalue weighted by atomic mass is 9.90. The second-order valence-electron chi connectivity index (χ2n) is 5.22. The molecule has 0 aliphatic carbocycles. The molecule has 1 aliphatic rings. The van der Waals surface area contributed by atoms with Crippen LogP contribution in [0, 0.1) is 0 Å². The maximum atomic E-state index is 11.8. The van der Waals surface area contributed by atoms with Crippen LogP contribution in [0.15, 0.2) is 48.5 Å². The molecule has 1 unspecified atom stereocenters. The Bertz CT molecular complexity index is 637. The van der Waals surface area contributed by atoms with Crippen LogP contribution in [0.3, 0.4) is 0 Å². The zero-order valence-electron chi connectivity index (χ0n) is 11.5. The van der Waals surface area contributed by atoms with Gasteiger partial charge in [0.15, 0.2) is 0 Å². The lowest BCUT2D eigenvalue weighted by Crippen LogP contribution is -2.20. The molecule has 0 spiro atoms. The summed E-state index contributed by atoms with van der Waals surface area (Å²) in [6, 6.07) is 16.5. The van der Waals surface area contributed by atoms with Gasteiger partial charge in [0, 0.05) is 25.2 Å². The summed E-state index contributed by atoms with van der Waals surface area (Å²) in [4.78, 5) is 13.5. The summed E-state index contributed by atoms with van der Waals surface area (Å²) in [5.74, 6) is 0.337. The van der Waals surface area contributed by atoms with E-state index in [9.17, 15) is 4.79 Å². The van der Waals surface area contributed by atoms with Gasteiger partial charge in [-0.15, -0.1) is 0 Å². The molecule has 1 atom stereocenters. The second-order valence-corrected chi connectivity index (χ2v) is 5.22. The van der Waals surface area contributed by atoms with E-state index in [-0.39, 0.29) is 11.8 Å². The van der Waals surface area contributed by atoms with Crippen molar-refractivity contribution in [1.29, 1.82) is 0 Å². The Morgan fingerprint density at radius 3 is 2.60 bits per heavy atom. The van der Waals surface area contributed by atoms with Gasteiger partial charge in [0.25, 0.3) is 0 Å². The highest BCUT2D eigenvalue weighted by Crippen LogP contribution is 2.32. The molecular weight excluding hydrogens is 248 g/mol.